The minimum Gasteiger partial charge on any atom is -0.391 e. The zero-order valence-corrected chi connectivity index (χ0v) is 12.9. The van der Waals surface area contributed by atoms with Gasteiger partial charge in [-0.1, -0.05) is 30.3 Å². The number of hydrogen-bond acceptors (Lipinski definition) is 3. The Morgan fingerprint density at radius 3 is 2.83 bits per heavy atom. The Balaban J connectivity index is 1.64. The predicted octanol–water partition coefficient (Wildman–Crippen LogP) is 2.06. The number of aliphatic hydroxyl groups excluding tert-OH is 1. The summed E-state index contributed by atoms with van der Waals surface area (Å²) in [4.78, 5) is 16.5. The van der Waals surface area contributed by atoms with Gasteiger partial charge >= 0.3 is 0 Å². The number of fused-ring (bicyclic) bond motifs is 1. The van der Waals surface area contributed by atoms with Crippen molar-refractivity contribution in [2.75, 3.05) is 0 Å². The monoisotopic (exact) mass is 309 g/mol. The lowest BCUT2D eigenvalue weighted by Crippen LogP contribution is -2.42. The Labute approximate surface area is 134 Å². The van der Waals surface area contributed by atoms with Crippen molar-refractivity contribution in [3.8, 4) is 0 Å². The van der Waals surface area contributed by atoms with Crippen LogP contribution in [-0.2, 0) is 6.42 Å². The van der Waals surface area contributed by atoms with Crippen molar-refractivity contribution in [3.05, 3.63) is 72.2 Å². The predicted molar refractivity (Wildman–Crippen MR) is 88.3 cm³/mol. The molecule has 118 valence electrons. The summed E-state index contributed by atoms with van der Waals surface area (Å²) in [6, 6.07) is 12.8. The molecule has 2 heterocycles. The number of amides is 1. The van der Waals surface area contributed by atoms with Crippen molar-refractivity contribution in [1.29, 1.82) is 0 Å². The molecule has 5 heteroatoms. The molecular formula is C18H19N3O2. The molecule has 2 unspecified atom stereocenters. The highest BCUT2D eigenvalue weighted by atomic mass is 16.3. The smallest absolute Gasteiger partial charge is 0.251 e. The van der Waals surface area contributed by atoms with Crippen LogP contribution in [0, 0.1) is 0 Å². The van der Waals surface area contributed by atoms with Crippen LogP contribution in [0.15, 0.2) is 61.1 Å². The number of nitrogens with one attached hydrogen (secondary N) is 1. The molecule has 0 spiro atoms. The van der Waals surface area contributed by atoms with Gasteiger partial charge in [0.05, 0.1) is 12.1 Å². The number of pyridine rings is 1. The molecule has 0 saturated heterocycles. The molecule has 23 heavy (non-hydrogen) atoms. The second-order valence-corrected chi connectivity index (χ2v) is 5.63. The summed E-state index contributed by atoms with van der Waals surface area (Å²) in [7, 11) is 0. The van der Waals surface area contributed by atoms with E-state index in [1.807, 2.05) is 40.9 Å². The lowest BCUT2D eigenvalue weighted by atomic mass is 10.0. The first-order valence-corrected chi connectivity index (χ1v) is 7.59. The van der Waals surface area contributed by atoms with Crippen molar-refractivity contribution < 1.29 is 9.90 Å². The first kappa shape index (κ1) is 15.2. The van der Waals surface area contributed by atoms with Crippen LogP contribution >= 0.6 is 0 Å². The van der Waals surface area contributed by atoms with Gasteiger partial charge in [0.15, 0.2) is 0 Å². The van der Waals surface area contributed by atoms with Gasteiger partial charge in [-0.2, -0.15) is 0 Å². The van der Waals surface area contributed by atoms with Crippen molar-refractivity contribution >= 4 is 11.6 Å². The topological polar surface area (TPSA) is 66.6 Å². The molecule has 2 atom stereocenters. The minimum absolute atomic E-state index is 0.213. The average Bonchev–Trinajstić information content (AvgIpc) is 3.03. The third-order valence-corrected chi connectivity index (χ3v) is 3.88. The molecule has 0 radical (unpaired) electrons. The van der Waals surface area contributed by atoms with E-state index >= 15 is 0 Å². The lowest BCUT2D eigenvalue weighted by Gasteiger charge is -2.20. The van der Waals surface area contributed by atoms with Gasteiger partial charge in [0.2, 0.25) is 0 Å². The van der Waals surface area contributed by atoms with Crippen LogP contribution in [-0.4, -0.2) is 32.5 Å². The van der Waals surface area contributed by atoms with E-state index in [4.69, 9.17) is 0 Å². The molecule has 0 fully saturated rings. The van der Waals surface area contributed by atoms with Crippen LogP contribution in [0.3, 0.4) is 0 Å². The van der Waals surface area contributed by atoms with Crippen LogP contribution in [0.2, 0.25) is 0 Å². The molecule has 3 rings (SSSR count). The molecule has 2 N–H and O–H groups in total. The highest BCUT2D eigenvalue weighted by Gasteiger charge is 2.18. The summed E-state index contributed by atoms with van der Waals surface area (Å²) in [5, 5.41) is 13.1. The van der Waals surface area contributed by atoms with Gasteiger partial charge in [0, 0.05) is 30.6 Å². The van der Waals surface area contributed by atoms with Crippen molar-refractivity contribution in [1.82, 2.24) is 14.7 Å². The standard InChI is InChI=1S/C18H19N3O2/c1-13(16(22)11-14-5-3-2-4-6-14)20-18(23)15-7-9-21-10-8-19-17(21)12-15/h2-10,12-13,16,22H,11H2,1H3,(H,20,23). The maximum Gasteiger partial charge on any atom is 0.251 e. The second kappa shape index (κ2) is 6.62. The summed E-state index contributed by atoms with van der Waals surface area (Å²) < 4.78 is 1.84. The normalized spacial score (nSPS) is 13.7. The van der Waals surface area contributed by atoms with Gasteiger partial charge in [-0.15, -0.1) is 0 Å². The number of imidazole rings is 1. The van der Waals surface area contributed by atoms with E-state index in [1.54, 1.807) is 31.5 Å². The molecule has 0 bridgehead atoms. The molecule has 0 saturated carbocycles. The minimum atomic E-state index is -0.642. The summed E-state index contributed by atoms with van der Waals surface area (Å²) in [6.07, 6.45) is 5.16. The maximum atomic E-state index is 12.3. The lowest BCUT2D eigenvalue weighted by molar-refractivity contribution is 0.0852. The number of aromatic nitrogens is 2. The largest absolute Gasteiger partial charge is 0.391 e. The fourth-order valence-electron chi connectivity index (χ4n) is 2.47. The van der Waals surface area contributed by atoms with Crippen LogP contribution in [0.5, 0.6) is 0 Å². The van der Waals surface area contributed by atoms with E-state index in [0.717, 1.165) is 11.2 Å². The number of aliphatic hydroxyl groups is 1. The van der Waals surface area contributed by atoms with Gasteiger partial charge in [-0.25, -0.2) is 4.98 Å². The van der Waals surface area contributed by atoms with E-state index in [9.17, 15) is 9.90 Å². The van der Waals surface area contributed by atoms with Gasteiger partial charge in [0.1, 0.15) is 5.65 Å². The van der Waals surface area contributed by atoms with Crippen LogP contribution in [0.1, 0.15) is 22.8 Å². The third kappa shape index (κ3) is 3.57. The van der Waals surface area contributed by atoms with Crippen LogP contribution in [0.25, 0.3) is 5.65 Å². The van der Waals surface area contributed by atoms with Gasteiger partial charge in [-0.3, -0.25) is 4.79 Å². The maximum absolute atomic E-state index is 12.3. The molecule has 1 aromatic carbocycles. The van der Waals surface area contributed by atoms with E-state index < -0.39 is 6.10 Å². The average molecular weight is 309 g/mol. The Morgan fingerprint density at radius 1 is 1.26 bits per heavy atom. The summed E-state index contributed by atoms with van der Waals surface area (Å²) in [6.45, 7) is 1.81. The molecular weight excluding hydrogens is 290 g/mol. The summed E-state index contributed by atoms with van der Waals surface area (Å²) in [5.41, 5.74) is 2.29. The molecule has 0 aliphatic heterocycles. The number of nitrogens with zero attached hydrogens (tertiary/aromatic N) is 2. The molecule has 2 aromatic heterocycles. The number of rotatable bonds is 5. The number of carbonyl (C=O) groups excluding carboxylic acids is 1. The fraction of sp³-hybridized carbons (Fsp3) is 0.222. The Hall–Kier alpha value is -2.66. The zero-order chi connectivity index (χ0) is 16.2. The van der Waals surface area contributed by atoms with Crippen molar-refractivity contribution in [2.45, 2.75) is 25.5 Å². The van der Waals surface area contributed by atoms with Crippen molar-refractivity contribution in [3.63, 3.8) is 0 Å². The highest BCUT2D eigenvalue weighted by Crippen LogP contribution is 2.09. The van der Waals surface area contributed by atoms with Crippen LogP contribution in [0.4, 0.5) is 0 Å². The Bertz CT molecular complexity index is 798. The number of hydrogen-bond donors (Lipinski definition) is 2. The number of carbonyl (C=O) groups is 1. The van der Waals surface area contributed by atoms with E-state index in [0.29, 0.717) is 12.0 Å². The quantitative estimate of drug-likeness (QED) is 0.758. The van der Waals surface area contributed by atoms with E-state index in [2.05, 4.69) is 10.3 Å². The molecule has 1 amide bonds. The Morgan fingerprint density at radius 2 is 2.04 bits per heavy atom. The molecule has 3 aromatic rings. The zero-order valence-electron chi connectivity index (χ0n) is 12.9. The molecule has 0 aliphatic carbocycles. The van der Waals surface area contributed by atoms with Gasteiger partial charge in [-0.05, 0) is 24.6 Å². The van der Waals surface area contributed by atoms with Crippen LogP contribution < -0.4 is 5.32 Å². The SMILES string of the molecule is CC(NC(=O)c1ccn2ccnc2c1)C(O)Cc1ccccc1. The molecule has 0 aliphatic rings. The fourth-order valence-corrected chi connectivity index (χ4v) is 2.47. The highest BCUT2D eigenvalue weighted by molar-refractivity contribution is 5.95. The third-order valence-electron chi connectivity index (χ3n) is 3.88. The first-order chi connectivity index (χ1) is 11.1. The van der Waals surface area contributed by atoms with E-state index in [-0.39, 0.29) is 11.9 Å². The van der Waals surface area contributed by atoms with E-state index in [1.165, 1.54) is 0 Å². The molecule has 5 nitrogen and oxygen atoms in total. The van der Waals surface area contributed by atoms with Crippen molar-refractivity contribution in [2.24, 2.45) is 0 Å². The summed E-state index contributed by atoms with van der Waals surface area (Å²) in [5.74, 6) is -0.213. The van der Waals surface area contributed by atoms with Gasteiger partial charge < -0.3 is 14.8 Å². The number of benzene rings is 1. The summed E-state index contributed by atoms with van der Waals surface area (Å²) >= 11 is 0. The second-order valence-electron chi connectivity index (χ2n) is 5.63. The first-order valence-electron chi connectivity index (χ1n) is 7.59. The van der Waals surface area contributed by atoms with Gasteiger partial charge in [0.25, 0.3) is 5.91 Å². The Kier molecular flexibility index (Phi) is 4.39.